The van der Waals surface area contributed by atoms with Crippen LogP contribution in [0.25, 0.3) is 11.0 Å². The van der Waals surface area contributed by atoms with Crippen LogP contribution in [0.4, 0.5) is 0 Å². The third-order valence-corrected chi connectivity index (χ3v) is 3.61. The summed E-state index contributed by atoms with van der Waals surface area (Å²) in [6.45, 7) is 4.69. The Morgan fingerprint density at radius 1 is 1.19 bits per heavy atom. The maximum absolute atomic E-state index is 11.1. The molecule has 0 unspecified atom stereocenters. The predicted molar refractivity (Wildman–Crippen MR) is 81.7 cm³/mol. The lowest BCUT2D eigenvalue weighted by Gasteiger charge is -2.08. The van der Waals surface area contributed by atoms with Crippen LogP contribution in [0.5, 0.6) is 0 Å². The molecule has 0 atom stereocenters. The van der Waals surface area contributed by atoms with E-state index in [0.717, 1.165) is 16.9 Å². The molecule has 0 saturated carbocycles. The molecule has 0 aliphatic carbocycles. The molecule has 0 amide bonds. The molecule has 0 spiro atoms. The minimum Gasteiger partial charge on any atom is -0.478 e. The molecule has 3 rings (SSSR count). The van der Waals surface area contributed by atoms with Crippen molar-refractivity contribution in [3.05, 3.63) is 65.0 Å². The van der Waals surface area contributed by atoms with Crippen molar-refractivity contribution >= 4 is 17.0 Å². The molecule has 0 radical (unpaired) electrons. The number of imidazole rings is 1. The molecule has 0 bridgehead atoms. The highest BCUT2D eigenvalue weighted by Gasteiger charge is 2.11. The number of fused-ring (bicyclic) bond motifs is 1. The van der Waals surface area contributed by atoms with Gasteiger partial charge in [-0.3, -0.25) is 0 Å². The van der Waals surface area contributed by atoms with E-state index in [4.69, 9.17) is 5.11 Å². The minimum atomic E-state index is -0.919. The predicted octanol–water partition coefficient (Wildman–Crippen LogP) is 3.40. The van der Waals surface area contributed by atoms with Gasteiger partial charge < -0.3 is 9.67 Å². The van der Waals surface area contributed by atoms with Crippen LogP contribution in [0, 0.1) is 13.8 Å². The highest BCUT2D eigenvalue weighted by Crippen LogP contribution is 2.20. The summed E-state index contributed by atoms with van der Waals surface area (Å²) in [5.41, 5.74) is 4.35. The highest BCUT2D eigenvalue weighted by atomic mass is 16.4. The summed E-state index contributed by atoms with van der Waals surface area (Å²) in [6.07, 6.45) is 0. The summed E-state index contributed by atoms with van der Waals surface area (Å²) in [7, 11) is 0. The fourth-order valence-corrected chi connectivity index (χ4v) is 2.57. The lowest BCUT2D eigenvalue weighted by Crippen LogP contribution is -2.03. The van der Waals surface area contributed by atoms with Crippen molar-refractivity contribution in [2.75, 3.05) is 0 Å². The van der Waals surface area contributed by atoms with E-state index in [9.17, 15) is 4.79 Å². The number of carbonyl (C=O) groups is 1. The number of aromatic nitrogens is 2. The van der Waals surface area contributed by atoms with Crippen molar-refractivity contribution in [2.24, 2.45) is 0 Å². The third-order valence-electron chi connectivity index (χ3n) is 3.61. The van der Waals surface area contributed by atoms with Crippen molar-refractivity contribution in [1.82, 2.24) is 9.55 Å². The van der Waals surface area contributed by atoms with Crippen LogP contribution < -0.4 is 0 Å². The van der Waals surface area contributed by atoms with Crippen LogP contribution in [-0.2, 0) is 6.54 Å². The Bertz CT molecular complexity index is 834. The van der Waals surface area contributed by atoms with E-state index in [1.54, 1.807) is 18.2 Å². The van der Waals surface area contributed by atoms with Crippen LogP contribution >= 0.6 is 0 Å². The molecule has 4 heteroatoms. The van der Waals surface area contributed by atoms with E-state index >= 15 is 0 Å². The van der Waals surface area contributed by atoms with Crippen molar-refractivity contribution in [3.8, 4) is 0 Å². The first-order valence-electron chi connectivity index (χ1n) is 6.80. The van der Waals surface area contributed by atoms with Gasteiger partial charge in [0.25, 0.3) is 0 Å². The van der Waals surface area contributed by atoms with Gasteiger partial charge in [0.2, 0.25) is 0 Å². The molecule has 2 aromatic carbocycles. The van der Waals surface area contributed by atoms with Gasteiger partial charge in [-0.2, -0.15) is 0 Å². The quantitative estimate of drug-likeness (QED) is 0.800. The van der Waals surface area contributed by atoms with Crippen molar-refractivity contribution in [2.45, 2.75) is 20.4 Å². The number of aromatic carboxylic acids is 1. The van der Waals surface area contributed by atoms with Crippen LogP contribution in [0.1, 0.15) is 27.3 Å². The average molecular weight is 280 g/mol. The Labute approximate surface area is 122 Å². The summed E-state index contributed by atoms with van der Waals surface area (Å²) in [4.78, 5) is 15.6. The molecule has 1 aromatic heterocycles. The number of carboxylic acid groups (broad SMARTS) is 1. The number of aryl methyl sites for hydroxylation is 2. The van der Waals surface area contributed by atoms with Gasteiger partial charge in [0, 0.05) is 6.54 Å². The Balaban J connectivity index is 2.10. The Morgan fingerprint density at radius 2 is 2.00 bits per heavy atom. The fourth-order valence-electron chi connectivity index (χ4n) is 2.57. The lowest BCUT2D eigenvalue weighted by atomic mass is 10.1. The second-order valence-electron chi connectivity index (χ2n) is 5.24. The van der Waals surface area contributed by atoms with E-state index in [2.05, 4.69) is 34.7 Å². The number of hydrogen-bond donors (Lipinski definition) is 1. The van der Waals surface area contributed by atoms with E-state index in [0.29, 0.717) is 6.54 Å². The van der Waals surface area contributed by atoms with Gasteiger partial charge in [-0.25, -0.2) is 9.78 Å². The molecule has 3 aromatic rings. The third kappa shape index (κ3) is 2.52. The molecule has 106 valence electrons. The van der Waals surface area contributed by atoms with Crippen molar-refractivity contribution < 1.29 is 9.90 Å². The Hall–Kier alpha value is -2.62. The largest absolute Gasteiger partial charge is 0.478 e. The van der Waals surface area contributed by atoms with Crippen molar-refractivity contribution in [3.63, 3.8) is 0 Å². The monoisotopic (exact) mass is 280 g/mol. The average Bonchev–Trinajstić information content (AvgIpc) is 2.74. The Morgan fingerprint density at radius 3 is 2.71 bits per heavy atom. The fraction of sp³-hybridized carbons (Fsp3) is 0.176. The van der Waals surface area contributed by atoms with E-state index < -0.39 is 5.97 Å². The zero-order chi connectivity index (χ0) is 15.0. The summed E-state index contributed by atoms with van der Waals surface area (Å²) in [5.74, 6) is -0.0353. The normalized spacial score (nSPS) is 11.0. The van der Waals surface area contributed by atoms with Gasteiger partial charge in [-0.1, -0.05) is 29.8 Å². The zero-order valence-electron chi connectivity index (χ0n) is 12.0. The first-order valence-corrected chi connectivity index (χ1v) is 6.80. The summed E-state index contributed by atoms with van der Waals surface area (Å²) in [5, 5.41) is 9.14. The first kappa shape index (κ1) is 13.4. The highest BCUT2D eigenvalue weighted by molar-refractivity contribution is 5.92. The van der Waals surface area contributed by atoms with E-state index in [-0.39, 0.29) is 5.56 Å². The summed E-state index contributed by atoms with van der Waals surface area (Å²) in [6, 6.07) is 13.3. The lowest BCUT2D eigenvalue weighted by molar-refractivity contribution is 0.0697. The van der Waals surface area contributed by atoms with Gasteiger partial charge in [-0.15, -0.1) is 0 Å². The summed E-state index contributed by atoms with van der Waals surface area (Å²) >= 11 is 0. The number of hydrogen-bond acceptors (Lipinski definition) is 2. The second-order valence-corrected chi connectivity index (χ2v) is 5.24. The smallest absolute Gasteiger partial charge is 0.335 e. The number of nitrogens with zero attached hydrogens (tertiary/aromatic N) is 2. The SMILES string of the molecule is Cc1cccc(Cn2c(C)nc3ccc(C(=O)O)cc32)c1. The molecule has 0 saturated heterocycles. The summed E-state index contributed by atoms with van der Waals surface area (Å²) < 4.78 is 2.05. The molecule has 1 heterocycles. The molecule has 0 aliphatic heterocycles. The van der Waals surface area contributed by atoms with Gasteiger partial charge in [0.1, 0.15) is 5.82 Å². The Kier molecular flexibility index (Phi) is 3.22. The first-order chi connectivity index (χ1) is 10.0. The maximum atomic E-state index is 11.1. The van der Waals surface area contributed by atoms with Crippen LogP contribution in [0.3, 0.4) is 0 Å². The second kappa shape index (κ2) is 5.05. The molecular weight excluding hydrogens is 264 g/mol. The van der Waals surface area contributed by atoms with Gasteiger partial charge in [-0.05, 0) is 37.6 Å². The van der Waals surface area contributed by atoms with Crippen LogP contribution in [0.15, 0.2) is 42.5 Å². The van der Waals surface area contributed by atoms with Crippen LogP contribution in [-0.4, -0.2) is 20.6 Å². The van der Waals surface area contributed by atoms with Gasteiger partial charge in [0.05, 0.1) is 16.6 Å². The van der Waals surface area contributed by atoms with E-state index in [1.165, 1.54) is 11.1 Å². The number of benzene rings is 2. The standard InChI is InChI=1S/C17H16N2O2/c1-11-4-3-5-13(8-11)10-19-12(2)18-15-7-6-14(17(20)21)9-16(15)19/h3-9H,10H2,1-2H3,(H,20,21). The number of rotatable bonds is 3. The van der Waals surface area contributed by atoms with Gasteiger partial charge in [0.15, 0.2) is 0 Å². The van der Waals surface area contributed by atoms with Crippen LogP contribution in [0.2, 0.25) is 0 Å². The molecular formula is C17H16N2O2. The molecule has 4 nitrogen and oxygen atoms in total. The molecule has 0 aliphatic rings. The topological polar surface area (TPSA) is 55.1 Å². The van der Waals surface area contributed by atoms with E-state index in [1.807, 2.05) is 13.0 Å². The molecule has 0 fully saturated rings. The van der Waals surface area contributed by atoms with Gasteiger partial charge >= 0.3 is 5.97 Å². The minimum absolute atomic E-state index is 0.285. The zero-order valence-corrected chi connectivity index (χ0v) is 12.0. The number of carboxylic acids is 1. The maximum Gasteiger partial charge on any atom is 0.335 e. The molecule has 21 heavy (non-hydrogen) atoms. The van der Waals surface area contributed by atoms with Crippen molar-refractivity contribution in [1.29, 1.82) is 0 Å². The molecule has 1 N–H and O–H groups in total.